The van der Waals surface area contributed by atoms with Crippen LogP contribution in [0.3, 0.4) is 0 Å². The van der Waals surface area contributed by atoms with Gasteiger partial charge in [-0.1, -0.05) is 42.0 Å². The SMILES string of the molecule is Cc1ccc(-c2cccc3sc(C(=O)NC(N)=NOS(C)(=O)=O)cc23)cc1. The number of hydrogen-bond donors (Lipinski definition) is 2. The molecular formula is C18H17N3O4S2. The van der Waals surface area contributed by atoms with Gasteiger partial charge in [-0.2, -0.15) is 8.42 Å². The Hall–Kier alpha value is -2.91. The average Bonchev–Trinajstić information content (AvgIpc) is 3.04. The molecule has 1 heterocycles. The molecule has 27 heavy (non-hydrogen) atoms. The van der Waals surface area contributed by atoms with Gasteiger partial charge in [-0.15, -0.1) is 11.3 Å². The Bertz CT molecular complexity index is 1130. The monoisotopic (exact) mass is 403 g/mol. The van der Waals surface area contributed by atoms with Gasteiger partial charge in [0.05, 0.1) is 11.1 Å². The van der Waals surface area contributed by atoms with Gasteiger partial charge in [-0.05, 0) is 35.3 Å². The molecule has 0 bridgehead atoms. The molecule has 0 fully saturated rings. The van der Waals surface area contributed by atoms with E-state index in [0.29, 0.717) is 4.88 Å². The second kappa shape index (κ2) is 7.37. The lowest BCUT2D eigenvalue weighted by molar-refractivity contribution is 0.0979. The number of benzene rings is 2. The zero-order chi connectivity index (χ0) is 19.6. The fraction of sp³-hybridized carbons (Fsp3) is 0.111. The Morgan fingerprint density at radius 2 is 1.89 bits per heavy atom. The van der Waals surface area contributed by atoms with Gasteiger partial charge in [-0.25, -0.2) is 0 Å². The fourth-order valence-corrected chi connectivity index (χ4v) is 3.66. The quantitative estimate of drug-likeness (QED) is 0.395. The topological polar surface area (TPSA) is 111 Å². The number of nitrogens with two attached hydrogens (primary N) is 1. The number of thiophene rings is 1. The first kappa shape index (κ1) is 18.9. The summed E-state index contributed by atoms with van der Waals surface area (Å²) in [4.78, 5) is 12.8. The average molecular weight is 403 g/mol. The summed E-state index contributed by atoms with van der Waals surface area (Å²) < 4.78 is 27.0. The second-order valence-corrected chi connectivity index (χ2v) is 8.54. The summed E-state index contributed by atoms with van der Waals surface area (Å²) >= 11 is 1.30. The van der Waals surface area contributed by atoms with Gasteiger partial charge in [0, 0.05) is 10.1 Å². The summed E-state index contributed by atoms with van der Waals surface area (Å²) in [5.74, 6) is -0.939. The first-order chi connectivity index (χ1) is 12.7. The van der Waals surface area contributed by atoms with E-state index >= 15 is 0 Å². The standard InChI is InChI=1S/C18H17N3O4S2/c1-11-6-8-12(9-7-11)13-4-3-5-15-14(13)10-16(26-15)17(22)20-18(19)21-25-27(2,23)24/h3-10H,1-2H3,(H3,19,20,21,22). The molecule has 0 saturated heterocycles. The van der Waals surface area contributed by atoms with Gasteiger partial charge in [0.2, 0.25) is 5.96 Å². The molecule has 0 spiro atoms. The highest BCUT2D eigenvalue weighted by Crippen LogP contribution is 2.34. The largest absolute Gasteiger partial charge is 0.367 e. The zero-order valence-electron chi connectivity index (χ0n) is 14.6. The van der Waals surface area contributed by atoms with Crippen LogP contribution in [0.2, 0.25) is 0 Å². The van der Waals surface area contributed by atoms with Crippen molar-refractivity contribution in [1.29, 1.82) is 0 Å². The van der Waals surface area contributed by atoms with E-state index in [1.165, 1.54) is 16.9 Å². The molecule has 140 valence electrons. The van der Waals surface area contributed by atoms with Gasteiger partial charge < -0.3 is 5.73 Å². The molecule has 0 atom stereocenters. The Morgan fingerprint density at radius 3 is 2.56 bits per heavy atom. The molecule has 7 nitrogen and oxygen atoms in total. The Balaban J connectivity index is 1.89. The van der Waals surface area contributed by atoms with Gasteiger partial charge in [0.25, 0.3) is 5.91 Å². The summed E-state index contributed by atoms with van der Waals surface area (Å²) in [7, 11) is -3.80. The fourth-order valence-electron chi connectivity index (χ4n) is 2.47. The summed E-state index contributed by atoms with van der Waals surface area (Å²) in [6.45, 7) is 2.02. The molecule has 3 aromatic rings. The van der Waals surface area contributed by atoms with Crippen LogP contribution >= 0.6 is 11.3 Å². The number of carbonyl (C=O) groups excluding carboxylic acids is 1. The molecule has 0 aliphatic heterocycles. The third-order valence-corrected chi connectivity index (χ3v) is 5.10. The van der Waals surface area contributed by atoms with E-state index in [9.17, 15) is 13.2 Å². The van der Waals surface area contributed by atoms with Crippen LogP contribution in [0.4, 0.5) is 0 Å². The predicted octanol–water partition coefficient (Wildman–Crippen LogP) is 2.81. The molecule has 3 rings (SSSR count). The molecular weight excluding hydrogens is 386 g/mol. The number of guanidine groups is 1. The van der Waals surface area contributed by atoms with Crippen LogP contribution in [-0.2, 0) is 14.4 Å². The van der Waals surface area contributed by atoms with Crippen LogP contribution in [0.1, 0.15) is 15.2 Å². The lowest BCUT2D eigenvalue weighted by atomic mass is 10.0. The first-order valence-electron chi connectivity index (χ1n) is 7.86. The predicted molar refractivity (Wildman–Crippen MR) is 107 cm³/mol. The van der Waals surface area contributed by atoms with Crippen molar-refractivity contribution in [1.82, 2.24) is 5.32 Å². The number of hydrogen-bond acceptors (Lipinski definition) is 6. The normalized spacial score (nSPS) is 12.1. The number of rotatable bonds is 4. The minimum atomic E-state index is -3.80. The van der Waals surface area contributed by atoms with Gasteiger partial charge >= 0.3 is 10.1 Å². The van der Waals surface area contributed by atoms with Gasteiger partial charge in [0.15, 0.2) is 0 Å². The summed E-state index contributed by atoms with van der Waals surface area (Å²) in [5, 5.41) is 6.42. The molecule has 1 aromatic heterocycles. The van der Waals surface area contributed by atoms with Crippen molar-refractivity contribution in [2.75, 3.05) is 6.26 Å². The maximum absolute atomic E-state index is 12.4. The van der Waals surface area contributed by atoms with E-state index in [1.54, 1.807) is 6.07 Å². The van der Waals surface area contributed by atoms with Gasteiger partial charge in [0.1, 0.15) is 0 Å². The lowest BCUT2D eigenvalue weighted by Gasteiger charge is -2.04. The number of carbonyl (C=O) groups is 1. The number of fused-ring (bicyclic) bond motifs is 1. The van der Waals surface area contributed by atoms with Crippen molar-refractivity contribution < 1.29 is 17.5 Å². The van der Waals surface area contributed by atoms with E-state index in [1.807, 2.05) is 49.4 Å². The van der Waals surface area contributed by atoms with Crippen LogP contribution in [-0.4, -0.2) is 26.5 Å². The zero-order valence-corrected chi connectivity index (χ0v) is 16.2. The molecule has 1 amide bonds. The summed E-state index contributed by atoms with van der Waals surface area (Å²) in [6.07, 6.45) is 0.824. The number of aryl methyl sites for hydroxylation is 1. The number of oxime groups is 1. The highest BCUT2D eigenvalue weighted by atomic mass is 32.2. The van der Waals surface area contributed by atoms with Crippen molar-refractivity contribution in [2.24, 2.45) is 10.9 Å². The van der Waals surface area contributed by atoms with E-state index in [0.717, 1.165) is 27.5 Å². The third kappa shape index (κ3) is 4.63. The Kier molecular flexibility index (Phi) is 5.15. The van der Waals surface area contributed by atoms with E-state index in [2.05, 4.69) is 14.8 Å². The van der Waals surface area contributed by atoms with Crippen molar-refractivity contribution in [3.05, 3.63) is 59.0 Å². The number of nitrogens with one attached hydrogen (secondary N) is 1. The first-order valence-corrected chi connectivity index (χ1v) is 10.5. The molecule has 9 heteroatoms. The molecule has 0 radical (unpaired) electrons. The highest BCUT2D eigenvalue weighted by molar-refractivity contribution is 7.85. The van der Waals surface area contributed by atoms with Crippen LogP contribution in [0, 0.1) is 6.92 Å². The van der Waals surface area contributed by atoms with Crippen molar-refractivity contribution in [2.45, 2.75) is 6.92 Å². The van der Waals surface area contributed by atoms with E-state index in [4.69, 9.17) is 5.73 Å². The third-order valence-electron chi connectivity index (χ3n) is 3.66. The lowest BCUT2D eigenvalue weighted by Crippen LogP contribution is -2.36. The van der Waals surface area contributed by atoms with Crippen molar-refractivity contribution >= 4 is 43.4 Å². The molecule has 3 N–H and O–H groups in total. The Morgan fingerprint density at radius 1 is 1.19 bits per heavy atom. The molecule has 2 aromatic carbocycles. The molecule has 0 unspecified atom stereocenters. The second-order valence-electron chi connectivity index (χ2n) is 5.90. The van der Waals surface area contributed by atoms with E-state index in [-0.39, 0.29) is 0 Å². The van der Waals surface area contributed by atoms with Crippen LogP contribution < -0.4 is 11.1 Å². The van der Waals surface area contributed by atoms with Crippen molar-refractivity contribution in [3.8, 4) is 11.1 Å². The number of amides is 1. The highest BCUT2D eigenvalue weighted by Gasteiger charge is 2.14. The van der Waals surface area contributed by atoms with Crippen LogP contribution in [0.5, 0.6) is 0 Å². The maximum Gasteiger partial charge on any atom is 0.325 e. The van der Waals surface area contributed by atoms with Crippen LogP contribution in [0.15, 0.2) is 53.7 Å². The number of nitrogens with zero attached hydrogens (tertiary/aromatic N) is 1. The summed E-state index contributed by atoms with van der Waals surface area (Å²) in [5.41, 5.74) is 8.72. The minimum Gasteiger partial charge on any atom is -0.367 e. The van der Waals surface area contributed by atoms with Crippen LogP contribution in [0.25, 0.3) is 21.2 Å². The van der Waals surface area contributed by atoms with E-state index < -0.39 is 22.0 Å². The smallest absolute Gasteiger partial charge is 0.325 e. The molecule has 0 saturated carbocycles. The van der Waals surface area contributed by atoms with Crippen molar-refractivity contribution in [3.63, 3.8) is 0 Å². The van der Waals surface area contributed by atoms with Gasteiger partial charge in [-0.3, -0.25) is 14.4 Å². The molecule has 0 aliphatic rings. The molecule has 0 aliphatic carbocycles. The Labute approximate surface area is 160 Å². The minimum absolute atomic E-state index is 0.419. The summed E-state index contributed by atoms with van der Waals surface area (Å²) in [6, 6.07) is 15.8. The maximum atomic E-state index is 12.4.